The number of carboxylic acid groups (broad SMARTS) is 1. The summed E-state index contributed by atoms with van der Waals surface area (Å²) in [5, 5.41) is 9.96. The van der Waals surface area contributed by atoms with E-state index in [1.807, 2.05) is 12.1 Å². The van der Waals surface area contributed by atoms with Crippen LogP contribution in [-0.2, 0) is 6.61 Å². The molecule has 6 heteroatoms. The first-order valence-electron chi connectivity index (χ1n) is 6.23. The summed E-state index contributed by atoms with van der Waals surface area (Å²) >= 11 is 5.81. The van der Waals surface area contributed by atoms with Gasteiger partial charge in [0.25, 0.3) is 0 Å². The number of imidazole rings is 1. The molecule has 0 aliphatic carbocycles. The lowest BCUT2D eigenvalue weighted by Gasteiger charge is -2.04. The van der Waals surface area contributed by atoms with Gasteiger partial charge in [0.1, 0.15) is 12.3 Å². The molecule has 3 aromatic rings. The van der Waals surface area contributed by atoms with Gasteiger partial charge in [-0.25, -0.2) is 4.79 Å². The second-order valence-corrected chi connectivity index (χ2v) is 4.85. The number of carbonyl (C=O) groups is 1. The molecule has 0 spiro atoms. The molecule has 0 amide bonds. The fourth-order valence-electron chi connectivity index (χ4n) is 2.00. The summed E-state index contributed by atoms with van der Waals surface area (Å²) in [6, 6.07) is 12.4. The van der Waals surface area contributed by atoms with Crippen LogP contribution in [0.15, 0.2) is 48.7 Å². The predicted molar refractivity (Wildman–Crippen MR) is 77.9 cm³/mol. The van der Waals surface area contributed by atoms with Crippen LogP contribution >= 0.6 is 11.6 Å². The maximum absolute atomic E-state index is 11.4. The van der Waals surface area contributed by atoms with Gasteiger partial charge in [0.05, 0.1) is 0 Å². The molecule has 1 N–H and O–H groups in total. The number of benzene rings is 1. The van der Waals surface area contributed by atoms with Crippen LogP contribution in [0.25, 0.3) is 5.65 Å². The van der Waals surface area contributed by atoms with E-state index in [9.17, 15) is 9.90 Å². The number of aromatic carboxylic acids is 1. The Bertz CT molecular complexity index is 796. The number of hydrogen-bond donors (Lipinski definition) is 1. The lowest BCUT2D eigenvalue weighted by atomic mass is 10.2. The Morgan fingerprint density at radius 2 is 2.00 bits per heavy atom. The van der Waals surface area contributed by atoms with E-state index in [2.05, 4.69) is 4.98 Å². The number of fused-ring (bicyclic) bond motifs is 1. The number of pyridine rings is 1. The van der Waals surface area contributed by atoms with Gasteiger partial charge in [-0.05, 0) is 29.8 Å². The van der Waals surface area contributed by atoms with Crippen LogP contribution in [0.3, 0.4) is 0 Å². The third-order valence-corrected chi connectivity index (χ3v) is 3.24. The van der Waals surface area contributed by atoms with E-state index < -0.39 is 5.97 Å². The minimum atomic E-state index is -1.08. The number of nitrogens with zero attached hydrogens (tertiary/aromatic N) is 2. The maximum atomic E-state index is 11.4. The highest BCUT2D eigenvalue weighted by atomic mass is 35.5. The van der Waals surface area contributed by atoms with Crippen molar-refractivity contribution in [3.8, 4) is 5.88 Å². The minimum Gasteiger partial charge on any atom is -0.476 e. The lowest BCUT2D eigenvalue weighted by molar-refractivity contribution is 0.0683. The summed E-state index contributed by atoms with van der Waals surface area (Å²) in [5.41, 5.74) is 1.42. The largest absolute Gasteiger partial charge is 0.476 e. The number of halogens is 1. The fourth-order valence-corrected chi connectivity index (χ4v) is 2.13. The van der Waals surface area contributed by atoms with Crippen molar-refractivity contribution in [1.29, 1.82) is 0 Å². The molecular formula is C15H11ClN2O3. The van der Waals surface area contributed by atoms with Crippen LogP contribution in [0.2, 0.25) is 5.02 Å². The summed E-state index contributed by atoms with van der Waals surface area (Å²) in [5.74, 6) is -0.983. The Hall–Kier alpha value is -2.53. The van der Waals surface area contributed by atoms with Crippen molar-refractivity contribution in [3.63, 3.8) is 0 Å². The molecule has 0 saturated heterocycles. The highest BCUT2D eigenvalue weighted by Crippen LogP contribution is 2.21. The van der Waals surface area contributed by atoms with E-state index in [-0.39, 0.29) is 18.2 Å². The van der Waals surface area contributed by atoms with Crippen LogP contribution in [0, 0.1) is 0 Å². The van der Waals surface area contributed by atoms with Gasteiger partial charge < -0.3 is 9.84 Å². The maximum Gasteiger partial charge on any atom is 0.358 e. The Morgan fingerprint density at radius 1 is 1.24 bits per heavy atom. The quantitative estimate of drug-likeness (QED) is 0.803. The van der Waals surface area contributed by atoms with Gasteiger partial charge in [-0.15, -0.1) is 0 Å². The summed E-state index contributed by atoms with van der Waals surface area (Å²) in [7, 11) is 0. The van der Waals surface area contributed by atoms with E-state index in [0.29, 0.717) is 10.7 Å². The van der Waals surface area contributed by atoms with E-state index in [4.69, 9.17) is 16.3 Å². The lowest BCUT2D eigenvalue weighted by Crippen LogP contribution is -2.05. The number of aromatic nitrogens is 2. The molecule has 0 bridgehead atoms. The van der Waals surface area contributed by atoms with E-state index >= 15 is 0 Å². The Labute approximate surface area is 125 Å². The van der Waals surface area contributed by atoms with Gasteiger partial charge in [0.15, 0.2) is 5.69 Å². The fraction of sp³-hybridized carbons (Fsp3) is 0.0667. The third kappa shape index (κ3) is 2.68. The monoisotopic (exact) mass is 302 g/mol. The first kappa shape index (κ1) is 13.5. The minimum absolute atomic E-state index is 0.0135. The molecule has 0 saturated carbocycles. The van der Waals surface area contributed by atoms with Gasteiger partial charge in [0.2, 0.25) is 5.88 Å². The Kier molecular flexibility index (Phi) is 3.50. The first-order valence-corrected chi connectivity index (χ1v) is 6.60. The zero-order chi connectivity index (χ0) is 14.8. The Morgan fingerprint density at radius 3 is 2.71 bits per heavy atom. The first-order chi connectivity index (χ1) is 10.1. The topological polar surface area (TPSA) is 63.8 Å². The molecule has 106 valence electrons. The number of hydrogen-bond acceptors (Lipinski definition) is 3. The number of ether oxygens (including phenoxy) is 1. The molecule has 5 nitrogen and oxygen atoms in total. The van der Waals surface area contributed by atoms with Crippen LogP contribution < -0.4 is 4.74 Å². The standard InChI is InChI=1S/C15H11ClN2O3/c16-11-6-4-10(5-7-11)9-21-14-13(15(19)20)18-8-2-1-3-12(18)17-14/h1-8H,9H2,(H,19,20). The van der Waals surface area contributed by atoms with Crippen LogP contribution in [0.1, 0.15) is 16.1 Å². The zero-order valence-corrected chi connectivity index (χ0v) is 11.6. The normalized spacial score (nSPS) is 10.7. The average molecular weight is 303 g/mol. The van der Waals surface area contributed by atoms with E-state index in [1.165, 1.54) is 4.40 Å². The summed E-state index contributed by atoms with van der Waals surface area (Å²) < 4.78 is 7.04. The van der Waals surface area contributed by atoms with Gasteiger partial charge in [0, 0.05) is 11.2 Å². The van der Waals surface area contributed by atoms with E-state index in [1.54, 1.807) is 36.5 Å². The summed E-state index contributed by atoms with van der Waals surface area (Å²) in [4.78, 5) is 15.6. The van der Waals surface area contributed by atoms with Gasteiger partial charge in [-0.3, -0.25) is 4.40 Å². The van der Waals surface area contributed by atoms with Gasteiger partial charge >= 0.3 is 5.97 Å². The van der Waals surface area contributed by atoms with Gasteiger partial charge in [-0.2, -0.15) is 4.98 Å². The van der Waals surface area contributed by atoms with Gasteiger partial charge in [-0.1, -0.05) is 29.8 Å². The molecule has 0 aliphatic heterocycles. The van der Waals surface area contributed by atoms with Crippen LogP contribution in [-0.4, -0.2) is 20.5 Å². The SMILES string of the molecule is O=C(O)c1c(OCc2ccc(Cl)cc2)nc2ccccn12. The van der Waals surface area contributed by atoms with Crippen molar-refractivity contribution in [1.82, 2.24) is 9.38 Å². The number of carboxylic acids is 1. The molecule has 2 aromatic heterocycles. The second-order valence-electron chi connectivity index (χ2n) is 4.41. The molecule has 0 unspecified atom stereocenters. The van der Waals surface area contributed by atoms with Crippen LogP contribution in [0.5, 0.6) is 5.88 Å². The zero-order valence-electron chi connectivity index (χ0n) is 10.9. The Balaban J connectivity index is 1.91. The van der Waals surface area contributed by atoms with Crippen molar-refractivity contribution in [3.05, 3.63) is 64.9 Å². The predicted octanol–water partition coefficient (Wildman–Crippen LogP) is 3.26. The highest BCUT2D eigenvalue weighted by molar-refractivity contribution is 6.30. The second kappa shape index (κ2) is 5.46. The molecule has 3 rings (SSSR count). The molecule has 0 aliphatic rings. The molecule has 21 heavy (non-hydrogen) atoms. The summed E-state index contributed by atoms with van der Waals surface area (Å²) in [6.07, 6.45) is 1.64. The highest BCUT2D eigenvalue weighted by Gasteiger charge is 2.19. The smallest absolute Gasteiger partial charge is 0.358 e. The van der Waals surface area contributed by atoms with Crippen molar-refractivity contribution < 1.29 is 14.6 Å². The molecule has 2 heterocycles. The molecular weight excluding hydrogens is 292 g/mol. The van der Waals surface area contributed by atoms with Crippen molar-refractivity contribution in [2.45, 2.75) is 6.61 Å². The molecule has 1 aromatic carbocycles. The third-order valence-electron chi connectivity index (χ3n) is 2.99. The van der Waals surface area contributed by atoms with Crippen molar-refractivity contribution in [2.75, 3.05) is 0 Å². The summed E-state index contributed by atoms with van der Waals surface area (Å²) in [6.45, 7) is 0.224. The van der Waals surface area contributed by atoms with Crippen molar-refractivity contribution >= 4 is 23.2 Å². The van der Waals surface area contributed by atoms with Crippen LogP contribution in [0.4, 0.5) is 0 Å². The number of rotatable bonds is 4. The van der Waals surface area contributed by atoms with Crippen molar-refractivity contribution in [2.24, 2.45) is 0 Å². The van der Waals surface area contributed by atoms with E-state index in [0.717, 1.165) is 5.56 Å². The molecule has 0 radical (unpaired) electrons. The molecule has 0 fully saturated rings. The molecule has 0 atom stereocenters. The average Bonchev–Trinajstić information content (AvgIpc) is 2.85.